The number of amides is 1. The van der Waals surface area contributed by atoms with Gasteiger partial charge in [0, 0.05) is 5.92 Å². The van der Waals surface area contributed by atoms with Crippen LogP contribution in [0.5, 0.6) is 0 Å². The van der Waals surface area contributed by atoms with Gasteiger partial charge in [-0.2, -0.15) is 0 Å². The van der Waals surface area contributed by atoms with E-state index in [1.807, 2.05) is 6.92 Å². The molecule has 5 nitrogen and oxygen atoms in total. The highest BCUT2D eigenvalue weighted by molar-refractivity contribution is 5.81. The average Bonchev–Trinajstić information content (AvgIpc) is 2.14. The van der Waals surface area contributed by atoms with E-state index in [1.54, 1.807) is 6.92 Å². The number of carbonyl (C=O) groups excluding carboxylic acids is 1. The molecule has 0 aromatic heterocycles. The van der Waals surface area contributed by atoms with Crippen LogP contribution in [0.25, 0.3) is 0 Å². The molecule has 88 valence electrons. The molecule has 5 heteroatoms. The van der Waals surface area contributed by atoms with E-state index >= 15 is 0 Å². The lowest BCUT2D eigenvalue weighted by Gasteiger charge is -2.19. The maximum atomic E-state index is 11.4. The highest BCUT2D eigenvalue weighted by Crippen LogP contribution is 2.06. The van der Waals surface area contributed by atoms with Gasteiger partial charge >= 0.3 is 5.97 Å². The minimum atomic E-state index is -1.90. The molecule has 0 heterocycles. The predicted molar refractivity (Wildman–Crippen MR) is 55.3 cm³/mol. The van der Waals surface area contributed by atoms with Crippen LogP contribution in [0.2, 0.25) is 0 Å². The lowest BCUT2D eigenvalue weighted by Crippen LogP contribution is -2.47. The summed E-state index contributed by atoms with van der Waals surface area (Å²) in [7, 11) is 0. The fourth-order valence-corrected chi connectivity index (χ4v) is 1.07. The van der Waals surface area contributed by atoms with E-state index in [-0.39, 0.29) is 18.4 Å². The van der Waals surface area contributed by atoms with Gasteiger partial charge < -0.3 is 15.5 Å². The van der Waals surface area contributed by atoms with Gasteiger partial charge in [0.05, 0.1) is 6.54 Å². The molecule has 0 rings (SSSR count). The Morgan fingerprint density at radius 3 is 2.40 bits per heavy atom. The molecule has 2 atom stereocenters. The van der Waals surface area contributed by atoms with Gasteiger partial charge in [-0.25, -0.2) is 4.79 Å². The summed E-state index contributed by atoms with van der Waals surface area (Å²) in [5, 5.41) is 20.4. The molecular formula is C10H19NO4. The molecule has 0 fully saturated rings. The zero-order valence-electron chi connectivity index (χ0n) is 9.41. The van der Waals surface area contributed by atoms with Gasteiger partial charge in [-0.15, -0.1) is 0 Å². The summed E-state index contributed by atoms with van der Waals surface area (Å²) >= 11 is 0. The van der Waals surface area contributed by atoms with Gasteiger partial charge in [-0.1, -0.05) is 20.3 Å². The third-order valence-electron chi connectivity index (χ3n) is 2.24. The van der Waals surface area contributed by atoms with Crippen molar-refractivity contribution in [2.24, 2.45) is 5.92 Å². The topological polar surface area (TPSA) is 86.6 Å². The standard InChI is InChI=1S/C10H19NO4/c1-4-5-7(2)8(12)11-6-10(3,15)9(13)14/h7,15H,4-6H2,1-3H3,(H,11,12)(H,13,14). The molecule has 0 saturated carbocycles. The molecule has 0 aromatic carbocycles. The fourth-order valence-electron chi connectivity index (χ4n) is 1.07. The van der Waals surface area contributed by atoms with Gasteiger partial charge in [0.15, 0.2) is 5.60 Å². The van der Waals surface area contributed by atoms with Gasteiger partial charge in [0.25, 0.3) is 0 Å². The molecule has 0 bridgehead atoms. The van der Waals surface area contributed by atoms with Gasteiger partial charge in [-0.3, -0.25) is 4.79 Å². The van der Waals surface area contributed by atoms with E-state index in [9.17, 15) is 14.7 Å². The van der Waals surface area contributed by atoms with E-state index in [0.29, 0.717) is 0 Å². The number of hydrogen-bond acceptors (Lipinski definition) is 3. The van der Waals surface area contributed by atoms with Crippen molar-refractivity contribution in [2.75, 3.05) is 6.54 Å². The van der Waals surface area contributed by atoms with Crippen LogP contribution < -0.4 is 5.32 Å². The van der Waals surface area contributed by atoms with Gasteiger partial charge in [0.1, 0.15) is 0 Å². The van der Waals surface area contributed by atoms with Crippen LogP contribution in [-0.4, -0.2) is 34.2 Å². The monoisotopic (exact) mass is 217 g/mol. The third-order valence-corrected chi connectivity index (χ3v) is 2.24. The summed E-state index contributed by atoms with van der Waals surface area (Å²) in [5.74, 6) is -1.72. The molecule has 1 amide bonds. The first-order valence-electron chi connectivity index (χ1n) is 5.04. The largest absolute Gasteiger partial charge is 0.479 e. The Morgan fingerprint density at radius 1 is 1.47 bits per heavy atom. The number of carbonyl (C=O) groups is 2. The number of aliphatic hydroxyl groups is 1. The number of carboxylic acids is 1. The Hall–Kier alpha value is -1.10. The van der Waals surface area contributed by atoms with E-state index in [1.165, 1.54) is 0 Å². The number of hydrogen-bond donors (Lipinski definition) is 3. The lowest BCUT2D eigenvalue weighted by molar-refractivity contribution is -0.156. The fraction of sp³-hybridized carbons (Fsp3) is 0.800. The number of carboxylic acid groups (broad SMARTS) is 1. The summed E-state index contributed by atoms with van der Waals surface area (Å²) < 4.78 is 0. The van der Waals surface area contributed by atoms with E-state index < -0.39 is 11.6 Å². The number of rotatable bonds is 6. The molecule has 15 heavy (non-hydrogen) atoms. The molecule has 2 unspecified atom stereocenters. The van der Waals surface area contributed by atoms with Crippen LogP contribution >= 0.6 is 0 Å². The molecule has 0 aliphatic heterocycles. The van der Waals surface area contributed by atoms with Crippen molar-refractivity contribution < 1.29 is 19.8 Å². The number of aliphatic carboxylic acids is 1. The van der Waals surface area contributed by atoms with Crippen LogP contribution in [0, 0.1) is 5.92 Å². The molecule has 0 spiro atoms. The summed E-state index contributed by atoms with van der Waals surface area (Å²) in [5.41, 5.74) is -1.90. The molecule has 0 saturated heterocycles. The predicted octanol–water partition coefficient (Wildman–Crippen LogP) is 0.374. The summed E-state index contributed by atoms with van der Waals surface area (Å²) in [6, 6.07) is 0. The van der Waals surface area contributed by atoms with Crippen LogP contribution in [-0.2, 0) is 9.59 Å². The first-order chi connectivity index (χ1) is 6.81. The van der Waals surface area contributed by atoms with E-state index in [4.69, 9.17) is 5.11 Å². The van der Waals surface area contributed by atoms with Gasteiger partial charge in [-0.05, 0) is 13.3 Å². The van der Waals surface area contributed by atoms with Crippen molar-refractivity contribution in [1.29, 1.82) is 0 Å². The van der Waals surface area contributed by atoms with Crippen molar-refractivity contribution in [3.63, 3.8) is 0 Å². The normalized spacial score (nSPS) is 16.5. The summed E-state index contributed by atoms with van der Waals surface area (Å²) in [6.45, 7) is 4.63. The smallest absolute Gasteiger partial charge is 0.337 e. The van der Waals surface area contributed by atoms with E-state index in [0.717, 1.165) is 19.8 Å². The van der Waals surface area contributed by atoms with Crippen LogP contribution in [0.15, 0.2) is 0 Å². The van der Waals surface area contributed by atoms with Crippen molar-refractivity contribution in [1.82, 2.24) is 5.32 Å². The molecule has 3 N–H and O–H groups in total. The van der Waals surface area contributed by atoms with E-state index in [2.05, 4.69) is 5.32 Å². The Balaban J connectivity index is 4.05. The maximum absolute atomic E-state index is 11.4. The van der Waals surface area contributed by atoms with Gasteiger partial charge in [0.2, 0.25) is 5.91 Å². The molecule has 0 aromatic rings. The first-order valence-corrected chi connectivity index (χ1v) is 5.04. The Labute approximate surface area is 89.5 Å². The lowest BCUT2D eigenvalue weighted by atomic mass is 10.0. The zero-order chi connectivity index (χ0) is 12.1. The van der Waals surface area contributed by atoms with Crippen molar-refractivity contribution >= 4 is 11.9 Å². The average molecular weight is 217 g/mol. The Kier molecular flexibility index (Phi) is 5.28. The van der Waals surface area contributed by atoms with Crippen LogP contribution in [0.3, 0.4) is 0 Å². The molecule has 0 radical (unpaired) electrons. The molecule has 0 aliphatic carbocycles. The second kappa shape index (κ2) is 5.70. The van der Waals surface area contributed by atoms with Crippen molar-refractivity contribution in [3.05, 3.63) is 0 Å². The second-order valence-electron chi connectivity index (χ2n) is 3.99. The Bertz CT molecular complexity index is 238. The minimum absolute atomic E-state index is 0.153. The highest BCUT2D eigenvalue weighted by atomic mass is 16.4. The quantitative estimate of drug-likeness (QED) is 0.600. The SMILES string of the molecule is CCCC(C)C(=O)NCC(C)(O)C(=O)O. The highest BCUT2D eigenvalue weighted by Gasteiger charge is 2.30. The second-order valence-corrected chi connectivity index (χ2v) is 3.99. The number of nitrogens with one attached hydrogen (secondary N) is 1. The summed E-state index contributed by atoms with van der Waals surface area (Å²) in [4.78, 5) is 21.9. The molecule has 0 aliphatic rings. The van der Waals surface area contributed by atoms with Crippen LogP contribution in [0.4, 0.5) is 0 Å². The minimum Gasteiger partial charge on any atom is -0.479 e. The maximum Gasteiger partial charge on any atom is 0.337 e. The third kappa shape index (κ3) is 4.78. The Morgan fingerprint density at radius 2 is 2.00 bits per heavy atom. The zero-order valence-corrected chi connectivity index (χ0v) is 9.41. The first kappa shape index (κ1) is 13.9. The van der Waals surface area contributed by atoms with Crippen molar-refractivity contribution in [2.45, 2.75) is 39.2 Å². The molecular weight excluding hydrogens is 198 g/mol. The van der Waals surface area contributed by atoms with Crippen molar-refractivity contribution in [3.8, 4) is 0 Å². The summed E-state index contributed by atoms with van der Waals surface area (Å²) in [6.07, 6.45) is 1.64. The van der Waals surface area contributed by atoms with Crippen LogP contribution in [0.1, 0.15) is 33.6 Å².